The molecular formula is C17H14Cl2NO5-. The topological polar surface area (TPSA) is 87.7 Å². The number of hydrogen-bond acceptors (Lipinski definition) is 5. The summed E-state index contributed by atoms with van der Waals surface area (Å²) in [4.78, 5) is 22.9. The van der Waals surface area contributed by atoms with E-state index in [9.17, 15) is 14.7 Å². The number of aryl methyl sites for hydroxylation is 1. The van der Waals surface area contributed by atoms with Crippen LogP contribution in [0, 0.1) is 6.92 Å². The van der Waals surface area contributed by atoms with Gasteiger partial charge in [0.25, 0.3) is 5.91 Å². The number of ether oxygens (including phenoxy) is 2. The summed E-state index contributed by atoms with van der Waals surface area (Å²) in [7, 11) is 1.33. The van der Waals surface area contributed by atoms with Gasteiger partial charge in [0, 0.05) is 16.3 Å². The van der Waals surface area contributed by atoms with E-state index < -0.39 is 11.9 Å². The number of carboxylic acids is 1. The molecule has 2 aromatic rings. The summed E-state index contributed by atoms with van der Waals surface area (Å²) in [6.07, 6.45) is 0. The summed E-state index contributed by atoms with van der Waals surface area (Å²) in [5.74, 6) is -1.70. The Labute approximate surface area is 154 Å². The minimum absolute atomic E-state index is 0.00951. The Bertz CT molecular complexity index is 823. The average Bonchev–Trinajstić information content (AvgIpc) is 2.56. The van der Waals surface area contributed by atoms with Gasteiger partial charge in [-0.25, -0.2) is 0 Å². The fourth-order valence-electron chi connectivity index (χ4n) is 1.98. The van der Waals surface area contributed by atoms with Gasteiger partial charge in [0.2, 0.25) is 0 Å². The number of aromatic carboxylic acids is 1. The number of halogens is 2. The van der Waals surface area contributed by atoms with E-state index in [4.69, 9.17) is 32.7 Å². The third kappa shape index (κ3) is 4.78. The second-order valence-corrected chi connectivity index (χ2v) is 5.89. The fraction of sp³-hybridized carbons (Fsp3) is 0.176. The number of anilines is 1. The maximum Gasteiger partial charge on any atom is 0.262 e. The molecule has 0 aromatic heterocycles. The van der Waals surface area contributed by atoms with E-state index in [-0.39, 0.29) is 28.7 Å². The lowest BCUT2D eigenvalue weighted by molar-refractivity contribution is -0.255. The molecule has 0 saturated heterocycles. The molecule has 0 bridgehead atoms. The van der Waals surface area contributed by atoms with Gasteiger partial charge in [0.1, 0.15) is 0 Å². The van der Waals surface area contributed by atoms with Crippen LogP contribution in [0.3, 0.4) is 0 Å². The summed E-state index contributed by atoms with van der Waals surface area (Å²) in [6, 6.07) is 7.47. The van der Waals surface area contributed by atoms with E-state index in [0.717, 1.165) is 11.6 Å². The Morgan fingerprint density at radius 1 is 1.16 bits per heavy atom. The molecular weight excluding hydrogens is 369 g/mol. The summed E-state index contributed by atoms with van der Waals surface area (Å²) >= 11 is 12.0. The van der Waals surface area contributed by atoms with Gasteiger partial charge in [-0.3, -0.25) is 4.79 Å². The van der Waals surface area contributed by atoms with Gasteiger partial charge in [0.15, 0.2) is 18.1 Å². The van der Waals surface area contributed by atoms with Crippen LogP contribution >= 0.6 is 23.2 Å². The predicted molar refractivity (Wildman–Crippen MR) is 92.6 cm³/mol. The smallest absolute Gasteiger partial charge is 0.262 e. The molecule has 0 atom stereocenters. The second kappa shape index (κ2) is 8.09. The molecule has 1 N–H and O–H groups in total. The highest BCUT2D eigenvalue weighted by atomic mass is 35.5. The lowest BCUT2D eigenvalue weighted by Gasteiger charge is -2.14. The fourth-order valence-corrected chi connectivity index (χ4v) is 2.43. The monoisotopic (exact) mass is 382 g/mol. The van der Waals surface area contributed by atoms with Gasteiger partial charge in [-0.15, -0.1) is 0 Å². The second-order valence-electron chi connectivity index (χ2n) is 5.08. The Kier molecular flexibility index (Phi) is 6.12. The van der Waals surface area contributed by atoms with Gasteiger partial charge in [-0.05, 0) is 36.8 Å². The number of hydrogen-bond donors (Lipinski definition) is 1. The van der Waals surface area contributed by atoms with Crippen LogP contribution in [0.25, 0.3) is 0 Å². The lowest BCUT2D eigenvalue weighted by Crippen LogP contribution is -2.23. The normalized spacial score (nSPS) is 10.2. The van der Waals surface area contributed by atoms with E-state index in [0.29, 0.717) is 10.7 Å². The summed E-state index contributed by atoms with van der Waals surface area (Å²) in [6.45, 7) is 1.49. The zero-order valence-electron chi connectivity index (χ0n) is 13.4. The third-order valence-electron chi connectivity index (χ3n) is 3.27. The number of methoxy groups -OCH3 is 1. The zero-order chi connectivity index (χ0) is 18.6. The quantitative estimate of drug-likeness (QED) is 0.829. The number of carbonyl (C=O) groups excluding carboxylic acids is 2. The van der Waals surface area contributed by atoms with Crippen molar-refractivity contribution in [2.75, 3.05) is 19.0 Å². The summed E-state index contributed by atoms with van der Waals surface area (Å²) in [5, 5.41) is 14.1. The van der Waals surface area contributed by atoms with Crippen molar-refractivity contribution in [3.8, 4) is 11.5 Å². The molecule has 2 aromatic carbocycles. The third-order valence-corrected chi connectivity index (χ3v) is 3.96. The van der Waals surface area contributed by atoms with Gasteiger partial charge in [-0.2, -0.15) is 0 Å². The molecule has 0 fully saturated rings. The van der Waals surface area contributed by atoms with Crippen LogP contribution in [0.4, 0.5) is 5.69 Å². The maximum absolute atomic E-state index is 12.0. The zero-order valence-corrected chi connectivity index (χ0v) is 14.9. The molecule has 25 heavy (non-hydrogen) atoms. The van der Waals surface area contributed by atoms with E-state index in [1.807, 2.05) is 6.92 Å². The Morgan fingerprint density at radius 2 is 1.88 bits per heavy atom. The first-order valence-corrected chi connectivity index (χ1v) is 7.85. The molecule has 8 heteroatoms. The first-order chi connectivity index (χ1) is 11.8. The van der Waals surface area contributed by atoms with Crippen LogP contribution in [0.5, 0.6) is 11.5 Å². The van der Waals surface area contributed by atoms with Gasteiger partial charge in [-0.1, -0.05) is 29.3 Å². The highest BCUT2D eigenvalue weighted by Crippen LogP contribution is 2.36. The molecule has 2 rings (SSSR count). The van der Waals surface area contributed by atoms with Gasteiger partial charge >= 0.3 is 0 Å². The molecule has 0 aliphatic heterocycles. The molecule has 0 spiro atoms. The SMILES string of the molecule is COc1cc(C(=O)[O-])cc(Cl)c1OCC(=O)Nc1ccc(C)c(Cl)c1. The largest absolute Gasteiger partial charge is 0.545 e. The molecule has 0 heterocycles. The Hall–Kier alpha value is -2.44. The lowest BCUT2D eigenvalue weighted by atomic mass is 10.2. The van der Waals surface area contributed by atoms with Crippen molar-refractivity contribution in [3.05, 3.63) is 51.5 Å². The molecule has 0 unspecified atom stereocenters. The van der Waals surface area contributed by atoms with Crippen molar-refractivity contribution >= 4 is 40.8 Å². The first kappa shape index (κ1) is 18.9. The predicted octanol–water partition coefficient (Wildman–Crippen LogP) is 2.69. The number of rotatable bonds is 6. The number of amides is 1. The maximum atomic E-state index is 12.0. The highest BCUT2D eigenvalue weighted by Gasteiger charge is 2.14. The van der Waals surface area contributed by atoms with Crippen LogP contribution in [0.1, 0.15) is 15.9 Å². The number of benzene rings is 2. The van der Waals surface area contributed by atoms with Crippen molar-refractivity contribution in [3.63, 3.8) is 0 Å². The summed E-state index contributed by atoms with van der Waals surface area (Å²) in [5.41, 5.74) is 1.25. The molecule has 0 aliphatic carbocycles. The number of carboxylic acid groups (broad SMARTS) is 1. The van der Waals surface area contributed by atoms with Crippen molar-refractivity contribution in [1.82, 2.24) is 0 Å². The minimum atomic E-state index is -1.40. The number of nitrogens with one attached hydrogen (secondary N) is 1. The van der Waals surface area contributed by atoms with Crippen LogP contribution in [-0.2, 0) is 4.79 Å². The van der Waals surface area contributed by atoms with Crippen molar-refractivity contribution in [2.45, 2.75) is 6.92 Å². The van der Waals surface area contributed by atoms with E-state index >= 15 is 0 Å². The number of carbonyl (C=O) groups is 2. The molecule has 6 nitrogen and oxygen atoms in total. The van der Waals surface area contributed by atoms with E-state index in [1.54, 1.807) is 18.2 Å². The average molecular weight is 383 g/mol. The molecule has 0 radical (unpaired) electrons. The molecule has 0 saturated carbocycles. The standard InChI is InChI=1S/C17H15Cl2NO5/c1-9-3-4-11(7-12(9)18)20-15(21)8-25-16-13(19)5-10(17(22)23)6-14(16)24-2/h3-7H,8H2,1-2H3,(H,20,21)(H,22,23)/p-1. The first-order valence-electron chi connectivity index (χ1n) is 7.09. The van der Waals surface area contributed by atoms with E-state index in [1.165, 1.54) is 13.2 Å². The Morgan fingerprint density at radius 3 is 2.48 bits per heavy atom. The minimum Gasteiger partial charge on any atom is -0.545 e. The molecule has 1 amide bonds. The molecule has 0 aliphatic rings. The summed E-state index contributed by atoms with van der Waals surface area (Å²) < 4.78 is 10.4. The van der Waals surface area contributed by atoms with E-state index in [2.05, 4.69) is 5.32 Å². The van der Waals surface area contributed by atoms with Crippen molar-refractivity contribution < 1.29 is 24.2 Å². The highest BCUT2D eigenvalue weighted by molar-refractivity contribution is 6.32. The van der Waals surface area contributed by atoms with Gasteiger partial charge < -0.3 is 24.7 Å². The molecule has 132 valence electrons. The van der Waals surface area contributed by atoms with Gasteiger partial charge in [0.05, 0.1) is 18.1 Å². The van der Waals surface area contributed by atoms with Crippen LogP contribution in [0.2, 0.25) is 10.0 Å². The van der Waals surface area contributed by atoms with Crippen LogP contribution in [0.15, 0.2) is 30.3 Å². The van der Waals surface area contributed by atoms with Crippen molar-refractivity contribution in [1.29, 1.82) is 0 Å². The van der Waals surface area contributed by atoms with Crippen LogP contribution in [-0.4, -0.2) is 25.6 Å². The van der Waals surface area contributed by atoms with Crippen molar-refractivity contribution in [2.24, 2.45) is 0 Å². The van der Waals surface area contributed by atoms with Crippen LogP contribution < -0.4 is 19.9 Å². The Balaban J connectivity index is 2.08.